The Bertz CT molecular complexity index is 829. The molecule has 6 heteroatoms. The van der Waals surface area contributed by atoms with E-state index < -0.39 is 0 Å². The maximum atomic E-state index is 11.5. The first-order valence-corrected chi connectivity index (χ1v) is 9.00. The highest BCUT2D eigenvalue weighted by molar-refractivity contribution is 5.76. The van der Waals surface area contributed by atoms with E-state index in [0.29, 0.717) is 31.7 Å². The van der Waals surface area contributed by atoms with Gasteiger partial charge < -0.3 is 15.2 Å². The molecule has 2 heterocycles. The summed E-state index contributed by atoms with van der Waals surface area (Å²) < 4.78 is 10.9. The standard InChI is InChI=1S/C21H23N3O3/c1-26-20-12-16(6-8-24-20)15-4-2-14(3-5-15)10-18(13-22)19-11-17(21(23)25)7-9-27-19/h2-6,8,12,17-19H,7,9-11H2,1H3,(H2,23,25). The molecule has 3 atom stereocenters. The minimum Gasteiger partial charge on any atom is -0.481 e. The highest BCUT2D eigenvalue weighted by Gasteiger charge is 2.32. The summed E-state index contributed by atoms with van der Waals surface area (Å²) in [6.07, 6.45) is 3.18. The molecule has 2 aromatic rings. The minimum absolute atomic E-state index is 0.205. The number of carbonyl (C=O) groups excluding carboxylic acids is 1. The van der Waals surface area contributed by atoms with Crippen molar-refractivity contribution in [3.05, 3.63) is 48.2 Å². The molecule has 140 valence electrons. The third-order valence-corrected chi connectivity index (χ3v) is 5.02. The molecule has 1 aromatic heterocycles. The number of nitrogens with two attached hydrogens (primary N) is 1. The molecule has 2 N–H and O–H groups in total. The van der Waals surface area contributed by atoms with Crippen LogP contribution in [-0.4, -0.2) is 30.7 Å². The highest BCUT2D eigenvalue weighted by atomic mass is 16.5. The van der Waals surface area contributed by atoms with Gasteiger partial charge in [0.1, 0.15) is 0 Å². The molecule has 0 spiro atoms. The Hall–Kier alpha value is -2.91. The number of primary amides is 1. The number of carbonyl (C=O) groups is 1. The highest BCUT2D eigenvalue weighted by Crippen LogP contribution is 2.28. The molecule has 3 unspecified atom stereocenters. The normalized spacial score (nSPS) is 20.4. The van der Waals surface area contributed by atoms with Gasteiger partial charge in [-0.05, 0) is 42.0 Å². The van der Waals surface area contributed by atoms with Crippen molar-refractivity contribution in [3.8, 4) is 23.1 Å². The molecule has 3 rings (SSSR count). The van der Waals surface area contributed by atoms with Crippen molar-refractivity contribution in [2.75, 3.05) is 13.7 Å². The fourth-order valence-electron chi connectivity index (χ4n) is 3.41. The number of nitriles is 1. The van der Waals surface area contributed by atoms with Crippen LogP contribution in [0, 0.1) is 23.2 Å². The maximum absolute atomic E-state index is 11.5. The first kappa shape index (κ1) is 18.9. The Balaban J connectivity index is 1.69. The molecule has 6 nitrogen and oxygen atoms in total. The summed E-state index contributed by atoms with van der Waals surface area (Å²) >= 11 is 0. The predicted octanol–water partition coefficient (Wildman–Crippen LogP) is 2.72. The van der Waals surface area contributed by atoms with Crippen LogP contribution in [0.15, 0.2) is 42.6 Å². The maximum Gasteiger partial charge on any atom is 0.220 e. The van der Waals surface area contributed by atoms with Crippen LogP contribution < -0.4 is 10.5 Å². The number of aromatic nitrogens is 1. The predicted molar refractivity (Wildman–Crippen MR) is 101 cm³/mol. The zero-order valence-corrected chi connectivity index (χ0v) is 15.3. The fraction of sp³-hybridized carbons (Fsp3) is 0.381. The zero-order valence-electron chi connectivity index (χ0n) is 15.3. The number of hydrogen-bond acceptors (Lipinski definition) is 5. The van der Waals surface area contributed by atoms with Crippen LogP contribution in [0.25, 0.3) is 11.1 Å². The van der Waals surface area contributed by atoms with Crippen LogP contribution in [0.5, 0.6) is 5.88 Å². The molecule has 1 aromatic carbocycles. The topological polar surface area (TPSA) is 98.2 Å². The molecule has 1 aliphatic heterocycles. The van der Waals surface area contributed by atoms with Crippen LogP contribution in [0.4, 0.5) is 0 Å². The second-order valence-corrected chi connectivity index (χ2v) is 6.76. The molecule has 0 radical (unpaired) electrons. The van der Waals surface area contributed by atoms with Crippen molar-refractivity contribution in [1.29, 1.82) is 5.26 Å². The van der Waals surface area contributed by atoms with Gasteiger partial charge in [-0.2, -0.15) is 5.26 Å². The second-order valence-electron chi connectivity index (χ2n) is 6.76. The molecular formula is C21H23N3O3. The van der Waals surface area contributed by atoms with Gasteiger partial charge >= 0.3 is 0 Å². The van der Waals surface area contributed by atoms with E-state index >= 15 is 0 Å². The van der Waals surface area contributed by atoms with Crippen LogP contribution in [-0.2, 0) is 16.0 Å². The summed E-state index contributed by atoms with van der Waals surface area (Å²) in [6, 6.07) is 14.2. The van der Waals surface area contributed by atoms with Gasteiger partial charge in [0.05, 0.1) is 25.2 Å². The Labute approximate surface area is 158 Å². The van der Waals surface area contributed by atoms with Crippen LogP contribution in [0.3, 0.4) is 0 Å². The second kappa shape index (κ2) is 8.65. The number of benzene rings is 1. The monoisotopic (exact) mass is 365 g/mol. The largest absolute Gasteiger partial charge is 0.481 e. The van der Waals surface area contributed by atoms with Gasteiger partial charge in [0.25, 0.3) is 0 Å². The van der Waals surface area contributed by atoms with Crippen molar-refractivity contribution in [2.45, 2.75) is 25.4 Å². The number of pyridine rings is 1. The van der Waals surface area contributed by atoms with E-state index in [9.17, 15) is 10.1 Å². The number of rotatable bonds is 6. The number of methoxy groups -OCH3 is 1. The van der Waals surface area contributed by atoms with E-state index in [2.05, 4.69) is 11.1 Å². The molecule has 0 aliphatic carbocycles. The summed E-state index contributed by atoms with van der Waals surface area (Å²) in [5, 5.41) is 9.59. The van der Waals surface area contributed by atoms with E-state index in [1.807, 2.05) is 36.4 Å². The lowest BCUT2D eigenvalue weighted by Gasteiger charge is -2.30. The quantitative estimate of drug-likeness (QED) is 0.849. The van der Waals surface area contributed by atoms with E-state index in [0.717, 1.165) is 16.7 Å². The summed E-state index contributed by atoms with van der Waals surface area (Å²) in [5.74, 6) is -0.251. The van der Waals surface area contributed by atoms with Gasteiger partial charge in [0.2, 0.25) is 11.8 Å². The Kier molecular flexibility index (Phi) is 6.05. The third kappa shape index (κ3) is 4.63. The zero-order chi connectivity index (χ0) is 19.2. The summed E-state index contributed by atoms with van der Waals surface area (Å²) in [7, 11) is 1.59. The molecule has 27 heavy (non-hydrogen) atoms. The average Bonchev–Trinajstić information content (AvgIpc) is 2.72. The average molecular weight is 365 g/mol. The van der Waals surface area contributed by atoms with Crippen molar-refractivity contribution in [1.82, 2.24) is 4.98 Å². The van der Waals surface area contributed by atoms with Gasteiger partial charge in [-0.25, -0.2) is 4.98 Å². The van der Waals surface area contributed by atoms with Gasteiger partial charge in [0, 0.05) is 24.8 Å². The van der Waals surface area contributed by atoms with Gasteiger partial charge in [0.15, 0.2) is 0 Å². The molecule has 0 bridgehead atoms. The van der Waals surface area contributed by atoms with E-state index in [4.69, 9.17) is 15.2 Å². The molecule has 1 amide bonds. The molecule has 1 aliphatic rings. The van der Waals surface area contributed by atoms with Gasteiger partial charge in [-0.15, -0.1) is 0 Å². The third-order valence-electron chi connectivity index (χ3n) is 5.02. The number of amides is 1. The van der Waals surface area contributed by atoms with Gasteiger partial charge in [-0.3, -0.25) is 4.79 Å². The Morgan fingerprint density at radius 1 is 1.37 bits per heavy atom. The van der Waals surface area contributed by atoms with Crippen LogP contribution in [0.2, 0.25) is 0 Å². The molecule has 0 saturated carbocycles. The lowest BCUT2D eigenvalue weighted by molar-refractivity contribution is -0.127. The SMILES string of the molecule is COc1cc(-c2ccc(CC(C#N)C3CC(C(N)=O)CCO3)cc2)ccn1. The Morgan fingerprint density at radius 2 is 2.15 bits per heavy atom. The number of nitrogens with zero attached hydrogens (tertiary/aromatic N) is 2. The van der Waals surface area contributed by atoms with Crippen LogP contribution >= 0.6 is 0 Å². The van der Waals surface area contributed by atoms with Crippen molar-refractivity contribution >= 4 is 5.91 Å². The van der Waals surface area contributed by atoms with Crippen molar-refractivity contribution < 1.29 is 14.3 Å². The summed E-state index contributed by atoms with van der Waals surface area (Å²) in [4.78, 5) is 15.6. The Morgan fingerprint density at radius 3 is 2.81 bits per heavy atom. The summed E-state index contributed by atoms with van der Waals surface area (Å²) in [5.41, 5.74) is 8.55. The van der Waals surface area contributed by atoms with E-state index in [1.54, 1.807) is 13.3 Å². The lowest BCUT2D eigenvalue weighted by Crippen LogP contribution is -2.37. The van der Waals surface area contributed by atoms with Gasteiger partial charge in [-0.1, -0.05) is 24.3 Å². The van der Waals surface area contributed by atoms with Crippen molar-refractivity contribution in [3.63, 3.8) is 0 Å². The number of ether oxygens (including phenoxy) is 2. The first-order chi connectivity index (χ1) is 13.1. The molecule has 1 saturated heterocycles. The summed E-state index contributed by atoms with van der Waals surface area (Å²) in [6.45, 7) is 0.471. The molecule has 1 fully saturated rings. The smallest absolute Gasteiger partial charge is 0.220 e. The first-order valence-electron chi connectivity index (χ1n) is 9.00. The van der Waals surface area contributed by atoms with E-state index in [-0.39, 0.29) is 23.8 Å². The van der Waals surface area contributed by atoms with Crippen molar-refractivity contribution in [2.24, 2.45) is 17.6 Å². The van der Waals surface area contributed by atoms with Crippen LogP contribution in [0.1, 0.15) is 18.4 Å². The minimum atomic E-state index is -0.308. The van der Waals surface area contributed by atoms with E-state index in [1.165, 1.54) is 0 Å². The fourth-order valence-corrected chi connectivity index (χ4v) is 3.41. The molecular weight excluding hydrogens is 342 g/mol. The lowest BCUT2D eigenvalue weighted by atomic mass is 9.85. The number of hydrogen-bond donors (Lipinski definition) is 1.